The maximum Gasteiger partial charge on any atom is 0.148 e. The fraction of sp³-hybridized carbons (Fsp3) is 0. The predicted molar refractivity (Wildman–Crippen MR) is 66.8 cm³/mol. The largest absolute Gasteiger partial charge is 0.192 e. The van der Waals surface area contributed by atoms with E-state index in [1.54, 1.807) is 18.2 Å². The molecule has 0 amide bonds. The summed E-state index contributed by atoms with van der Waals surface area (Å²) >= 11 is 0. The number of allylic oxidation sites excluding steroid dienone is 2. The van der Waals surface area contributed by atoms with Crippen molar-refractivity contribution in [3.8, 4) is 29.3 Å². The highest BCUT2D eigenvalue weighted by Crippen LogP contribution is 2.32. The molecule has 2 aliphatic rings. The van der Waals surface area contributed by atoms with Gasteiger partial charge < -0.3 is 0 Å². The minimum absolute atomic E-state index is 0.126. The Labute approximate surface area is 105 Å². The third-order valence-corrected chi connectivity index (χ3v) is 2.65. The molecule has 0 aromatic carbocycles. The summed E-state index contributed by atoms with van der Waals surface area (Å²) in [5.74, 6) is 0. The molecule has 0 bridgehead atoms. The Kier molecular flexibility index (Phi) is 3.06. The molecule has 82 valence electrons. The van der Waals surface area contributed by atoms with Crippen LogP contribution in [0.4, 0.5) is 0 Å². The first-order valence-corrected chi connectivity index (χ1v) is 5.24. The fourth-order valence-electron chi connectivity index (χ4n) is 1.82. The van der Waals surface area contributed by atoms with E-state index in [2.05, 4.69) is 0 Å². The van der Waals surface area contributed by atoms with Crippen LogP contribution in [0.1, 0.15) is 5.56 Å². The molecule has 18 heavy (non-hydrogen) atoms. The summed E-state index contributed by atoms with van der Waals surface area (Å²) in [6.45, 7) is 0. The first-order chi connectivity index (χ1) is 8.81. The normalized spacial score (nSPS) is 8.94. The van der Waals surface area contributed by atoms with Crippen molar-refractivity contribution in [2.45, 2.75) is 0 Å². The Morgan fingerprint density at radius 1 is 0.778 bits per heavy atom. The van der Waals surface area contributed by atoms with Gasteiger partial charge in [0, 0.05) is 5.56 Å². The van der Waals surface area contributed by atoms with Gasteiger partial charge in [0.05, 0.1) is 5.57 Å². The summed E-state index contributed by atoms with van der Waals surface area (Å²) in [7, 11) is 0. The minimum atomic E-state index is -0.156. The van der Waals surface area contributed by atoms with Crippen molar-refractivity contribution < 1.29 is 0 Å². The number of nitrogens with zero attached hydrogens (tertiary/aromatic N) is 3. The molecule has 0 atom stereocenters. The molecule has 0 N–H and O–H groups in total. The third-order valence-electron chi connectivity index (χ3n) is 2.65. The highest BCUT2D eigenvalue weighted by Gasteiger charge is 2.15. The lowest BCUT2D eigenvalue weighted by molar-refractivity contribution is 1.45. The molecule has 2 rings (SSSR count). The molecule has 3 nitrogen and oxygen atoms in total. The lowest BCUT2D eigenvalue weighted by atomic mass is 10.00. The molecule has 0 heterocycles. The molecule has 0 saturated carbocycles. The molecule has 0 aromatic rings. The first kappa shape index (κ1) is 11.4. The molecule has 0 unspecified atom stereocenters. The third kappa shape index (κ3) is 1.80. The van der Waals surface area contributed by atoms with Gasteiger partial charge in [0.2, 0.25) is 0 Å². The molecule has 0 saturated heterocycles. The van der Waals surface area contributed by atoms with Crippen LogP contribution >= 0.6 is 0 Å². The first-order valence-electron chi connectivity index (χ1n) is 5.24. The molecule has 3 heteroatoms. The van der Waals surface area contributed by atoms with Crippen LogP contribution in [0.2, 0.25) is 0 Å². The van der Waals surface area contributed by atoms with Crippen LogP contribution in [0.25, 0.3) is 16.7 Å². The number of hydrogen-bond acceptors (Lipinski definition) is 3. The molecule has 0 fully saturated rings. The van der Waals surface area contributed by atoms with Crippen molar-refractivity contribution >= 4 is 5.57 Å². The molecule has 0 radical (unpaired) electrons. The Hall–Kier alpha value is -3.09. The van der Waals surface area contributed by atoms with E-state index in [0.717, 1.165) is 11.1 Å². The second-order valence-electron chi connectivity index (χ2n) is 3.61. The number of fused-ring (bicyclic) bond motifs is 1. The van der Waals surface area contributed by atoms with E-state index in [-0.39, 0.29) is 11.1 Å². The van der Waals surface area contributed by atoms with Gasteiger partial charge in [0.25, 0.3) is 0 Å². The lowest BCUT2D eigenvalue weighted by Crippen LogP contribution is -1.86. The average molecular weight is 229 g/mol. The molecular weight excluding hydrogens is 222 g/mol. The van der Waals surface area contributed by atoms with Crippen LogP contribution in [0.3, 0.4) is 0 Å². The van der Waals surface area contributed by atoms with Gasteiger partial charge in [0.15, 0.2) is 0 Å². The van der Waals surface area contributed by atoms with E-state index in [4.69, 9.17) is 15.8 Å². The van der Waals surface area contributed by atoms with Gasteiger partial charge in [-0.2, -0.15) is 15.8 Å². The monoisotopic (exact) mass is 229 g/mol. The van der Waals surface area contributed by atoms with Gasteiger partial charge in [-0.1, -0.05) is 42.5 Å². The minimum Gasteiger partial charge on any atom is -0.192 e. The average Bonchev–Trinajstić information content (AvgIpc) is 2.64. The zero-order chi connectivity index (χ0) is 13.0. The van der Waals surface area contributed by atoms with Crippen molar-refractivity contribution in [3.05, 3.63) is 53.6 Å². The second-order valence-corrected chi connectivity index (χ2v) is 3.61. The van der Waals surface area contributed by atoms with Crippen LogP contribution in [-0.4, -0.2) is 0 Å². The van der Waals surface area contributed by atoms with E-state index < -0.39 is 0 Å². The van der Waals surface area contributed by atoms with Gasteiger partial charge >= 0.3 is 0 Å². The Morgan fingerprint density at radius 2 is 1.50 bits per heavy atom. The highest BCUT2D eigenvalue weighted by molar-refractivity contribution is 5.93. The quantitative estimate of drug-likeness (QED) is 0.705. The SMILES string of the molecule is N#CC(C#N)=C(C#N)c1ccc2cccccc1-2. The maximum absolute atomic E-state index is 9.14. The standard InChI is InChI=1S/C15H7N3/c16-8-12(9-17)15(10-18)14-7-6-11-4-2-1-3-5-13(11)14/h1-7H. The molecule has 0 aliphatic heterocycles. The molecular formula is C15H7N3. The highest BCUT2D eigenvalue weighted by atomic mass is 14.3. The number of nitriles is 3. The predicted octanol–water partition coefficient (Wildman–Crippen LogP) is 3.12. The van der Waals surface area contributed by atoms with Crippen LogP contribution < -0.4 is 0 Å². The van der Waals surface area contributed by atoms with Gasteiger partial charge in [-0.15, -0.1) is 0 Å². The van der Waals surface area contributed by atoms with Crippen LogP contribution in [0.5, 0.6) is 0 Å². The molecule has 0 aromatic heterocycles. The summed E-state index contributed by atoms with van der Waals surface area (Å²) in [4.78, 5) is 0. The van der Waals surface area contributed by atoms with E-state index in [1.165, 1.54) is 0 Å². The fourth-order valence-corrected chi connectivity index (χ4v) is 1.82. The molecule has 2 aliphatic carbocycles. The summed E-state index contributed by atoms with van der Waals surface area (Å²) in [5, 5.41) is 26.9. The summed E-state index contributed by atoms with van der Waals surface area (Å²) in [5.41, 5.74) is 2.43. The summed E-state index contributed by atoms with van der Waals surface area (Å²) in [6.07, 6.45) is 0. The van der Waals surface area contributed by atoms with Crippen molar-refractivity contribution in [3.63, 3.8) is 0 Å². The van der Waals surface area contributed by atoms with Gasteiger partial charge in [-0.3, -0.25) is 0 Å². The zero-order valence-corrected chi connectivity index (χ0v) is 9.38. The van der Waals surface area contributed by atoms with Crippen molar-refractivity contribution in [2.75, 3.05) is 0 Å². The van der Waals surface area contributed by atoms with Crippen molar-refractivity contribution in [1.82, 2.24) is 0 Å². The van der Waals surface area contributed by atoms with Crippen LogP contribution in [0.15, 0.2) is 48.0 Å². The van der Waals surface area contributed by atoms with Gasteiger partial charge in [-0.05, 0) is 11.1 Å². The van der Waals surface area contributed by atoms with Crippen LogP contribution in [-0.2, 0) is 0 Å². The Bertz CT molecular complexity index is 705. The number of hydrogen-bond donors (Lipinski definition) is 0. The Morgan fingerprint density at radius 3 is 2.17 bits per heavy atom. The van der Waals surface area contributed by atoms with Gasteiger partial charge in [-0.25, -0.2) is 0 Å². The molecule has 0 spiro atoms. The Balaban J connectivity index is 2.74. The maximum atomic E-state index is 9.14. The van der Waals surface area contributed by atoms with Crippen LogP contribution in [0, 0.1) is 34.0 Å². The summed E-state index contributed by atoms with van der Waals surface area (Å²) in [6, 6.07) is 18.5. The van der Waals surface area contributed by atoms with E-state index in [0.29, 0.717) is 5.56 Å². The second kappa shape index (κ2) is 4.83. The van der Waals surface area contributed by atoms with Gasteiger partial charge in [0.1, 0.15) is 23.8 Å². The smallest absolute Gasteiger partial charge is 0.148 e. The summed E-state index contributed by atoms with van der Waals surface area (Å²) < 4.78 is 0. The zero-order valence-electron chi connectivity index (χ0n) is 9.38. The van der Waals surface area contributed by atoms with E-state index in [9.17, 15) is 0 Å². The number of rotatable bonds is 1. The van der Waals surface area contributed by atoms with E-state index in [1.807, 2.05) is 42.5 Å². The van der Waals surface area contributed by atoms with Crippen molar-refractivity contribution in [2.24, 2.45) is 0 Å². The topological polar surface area (TPSA) is 71.4 Å². The lowest BCUT2D eigenvalue weighted by Gasteiger charge is -1.99. The van der Waals surface area contributed by atoms with Crippen molar-refractivity contribution in [1.29, 1.82) is 15.8 Å². The van der Waals surface area contributed by atoms with E-state index >= 15 is 0 Å².